The zero-order valence-electron chi connectivity index (χ0n) is 10.8. The molecule has 0 radical (unpaired) electrons. The summed E-state index contributed by atoms with van der Waals surface area (Å²) in [6.07, 6.45) is 8.24. The molecule has 0 aliphatic heterocycles. The highest BCUT2D eigenvalue weighted by molar-refractivity contribution is 6.21. The van der Waals surface area contributed by atoms with Crippen LogP contribution in [0.25, 0.3) is 0 Å². The molecule has 6 atom stereocenters. The van der Waals surface area contributed by atoms with E-state index in [2.05, 4.69) is 24.0 Å². The minimum absolute atomic E-state index is 0.325. The first-order valence-corrected chi connectivity index (χ1v) is 7.75. The topological polar surface area (TPSA) is 12.9 Å². The van der Waals surface area contributed by atoms with Crippen LogP contribution >= 0.6 is 11.6 Å². The van der Waals surface area contributed by atoms with Crippen molar-refractivity contribution in [2.75, 3.05) is 0 Å². The molecule has 1 aromatic heterocycles. The first kappa shape index (κ1) is 11.3. The number of alkyl halides is 1. The van der Waals surface area contributed by atoms with E-state index in [1.807, 2.05) is 12.4 Å². The van der Waals surface area contributed by atoms with Crippen molar-refractivity contribution in [3.63, 3.8) is 0 Å². The van der Waals surface area contributed by atoms with Gasteiger partial charge in [0.25, 0.3) is 0 Å². The lowest BCUT2D eigenvalue weighted by Crippen LogP contribution is -2.17. The lowest BCUT2D eigenvalue weighted by molar-refractivity contribution is 0.432. The third kappa shape index (κ3) is 1.49. The van der Waals surface area contributed by atoms with Gasteiger partial charge in [0, 0.05) is 17.8 Å². The maximum absolute atomic E-state index is 6.80. The van der Waals surface area contributed by atoms with Gasteiger partial charge in [-0.05, 0) is 72.5 Å². The smallest absolute Gasteiger partial charge is 0.0435 e. The van der Waals surface area contributed by atoms with Gasteiger partial charge >= 0.3 is 0 Å². The summed E-state index contributed by atoms with van der Waals surface area (Å²) < 4.78 is 0. The van der Waals surface area contributed by atoms with Crippen molar-refractivity contribution in [1.29, 1.82) is 0 Å². The van der Waals surface area contributed by atoms with Crippen LogP contribution in [0.1, 0.15) is 37.7 Å². The predicted molar refractivity (Wildman–Crippen MR) is 73.6 cm³/mol. The molecule has 18 heavy (non-hydrogen) atoms. The Morgan fingerprint density at radius 1 is 1.17 bits per heavy atom. The number of aromatic nitrogens is 1. The highest BCUT2D eigenvalue weighted by atomic mass is 35.5. The predicted octanol–water partition coefficient (Wildman–Crippen LogP) is 4.08. The summed E-state index contributed by atoms with van der Waals surface area (Å²) in [6.45, 7) is 2.28. The molecule has 2 heteroatoms. The molecule has 0 amide bonds. The summed E-state index contributed by atoms with van der Waals surface area (Å²) in [5.74, 6) is 5.28. The molecule has 96 valence electrons. The van der Waals surface area contributed by atoms with Crippen molar-refractivity contribution in [2.24, 2.45) is 29.6 Å². The van der Waals surface area contributed by atoms with E-state index in [0.717, 1.165) is 29.6 Å². The average molecular weight is 262 g/mol. The molecular weight excluding hydrogens is 242 g/mol. The number of nitrogens with zero attached hydrogens (tertiary/aromatic N) is 1. The van der Waals surface area contributed by atoms with Crippen LogP contribution in [-0.2, 0) is 0 Å². The van der Waals surface area contributed by atoms with Crippen molar-refractivity contribution < 1.29 is 0 Å². The van der Waals surface area contributed by atoms with E-state index in [1.54, 1.807) is 0 Å². The van der Waals surface area contributed by atoms with Crippen molar-refractivity contribution in [1.82, 2.24) is 4.98 Å². The van der Waals surface area contributed by atoms with Gasteiger partial charge in [-0.15, -0.1) is 11.6 Å². The highest BCUT2D eigenvalue weighted by Crippen LogP contribution is 2.71. The summed E-state index contributed by atoms with van der Waals surface area (Å²) in [4.78, 5) is 4.10. The van der Waals surface area contributed by atoms with Crippen molar-refractivity contribution >= 4 is 11.6 Å². The van der Waals surface area contributed by atoms with Gasteiger partial charge in [0.05, 0.1) is 0 Å². The van der Waals surface area contributed by atoms with Gasteiger partial charge in [0.2, 0.25) is 0 Å². The molecule has 4 rings (SSSR count). The van der Waals surface area contributed by atoms with Gasteiger partial charge in [0.15, 0.2) is 0 Å². The monoisotopic (exact) mass is 261 g/mol. The van der Waals surface area contributed by atoms with Gasteiger partial charge in [0.1, 0.15) is 0 Å². The summed E-state index contributed by atoms with van der Waals surface area (Å²) in [6, 6.07) is 4.24. The van der Waals surface area contributed by atoms with Gasteiger partial charge < -0.3 is 0 Å². The van der Waals surface area contributed by atoms with E-state index < -0.39 is 0 Å². The first-order chi connectivity index (χ1) is 8.77. The Labute approximate surface area is 114 Å². The van der Waals surface area contributed by atoms with Crippen LogP contribution in [-0.4, -0.2) is 10.4 Å². The van der Waals surface area contributed by atoms with Gasteiger partial charge in [-0.1, -0.05) is 6.92 Å². The zero-order chi connectivity index (χ0) is 12.3. The quantitative estimate of drug-likeness (QED) is 0.747. The average Bonchev–Trinajstić information content (AvgIpc) is 2.85. The van der Waals surface area contributed by atoms with Gasteiger partial charge in [-0.25, -0.2) is 0 Å². The number of halogens is 1. The first-order valence-electron chi connectivity index (χ1n) is 7.31. The molecule has 1 heterocycles. The SMILES string of the molecule is CC(c1ccncc1)C(Cl)C1C2C3CCC(C3)C21. The maximum Gasteiger partial charge on any atom is 0.0435 e. The van der Waals surface area contributed by atoms with Crippen molar-refractivity contribution in [2.45, 2.75) is 37.5 Å². The van der Waals surface area contributed by atoms with Crippen molar-refractivity contribution in [3.05, 3.63) is 30.1 Å². The molecule has 0 aromatic carbocycles. The second kappa shape index (κ2) is 3.96. The summed E-state index contributed by atoms with van der Waals surface area (Å²) in [7, 11) is 0. The minimum atomic E-state index is 0.325. The Bertz CT molecular complexity index is 430. The fourth-order valence-corrected chi connectivity index (χ4v) is 5.48. The normalized spacial score (nSPS) is 43.6. The molecular formula is C16H20ClN. The number of rotatable bonds is 3. The number of fused-ring (bicyclic) bond motifs is 5. The number of hydrogen-bond acceptors (Lipinski definition) is 1. The molecule has 3 aliphatic rings. The summed E-state index contributed by atoms with van der Waals surface area (Å²) in [5.41, 5.74) is 1.35. The molecule has 3 saturated carbocycles. The Morgan fingerprint density at radius 3 is 2.39 bits per heavy atom. The van der Waals surface area contributed by atoms with Crippen LogP contribution in [0.4, 0.5) is 0 Å². The van der Waals surface area contributed by atoms with Crippen LogP contribution < -0.4 is 0 Å². The second-order valence-electron chi connectivity index (χ2n) is 6.58. The van der Waals surface area contributed by atoms with Crippen LogP contribution in [0, 0.1) is 29.6 Å². The van der Waals surface area contributed by atoms with E-state index in [-0.39, 0.29) is 0 Å². The Morgan fingerprint density at radius 2 is 1.78 bits per heavy atom. The van der Waals surface area contributed by atoms with E-state index in [0.29, 0.717) is 11.3 Å². The molecule has 0 spiro atoms. The molecule has 3 aliphatic carbocycles. The fourth-order valence-electron chi connectivity index (χ4n) is 5.00. The molecule has 1 aromatic rings. The van der Waals surface area contributed by atoms with Crippen LogP contribution in [0.3, 0.4) is 0 Å². The van der Waals surface area contributed by atoms with Crippen LogP contribution in [0.2, 0.25) is 0 Å². The lowest BCUT2D eigenvalue weighted by Gasteiger charge is -2.21. The largest absolute Gasteiger partial charge is 0.265 e. The van der Waals surface area contributed by atoms with Crippen LogP contribution in [0.5, 0.6) is 0 Å². The van der Waals surface area contributed by atoms with E-state index in [9.17, 15) is 0 Å². The molecule has 0 N–H and O–H groups in total. The zero-order valence-corrected chi connectivity index (χ0v) is 11.6. The highest BCUT2D eigenvalue weighted by Gasteiger charge is 2.66. The molecule has 0 saturated heterocycles. The molecule has 2 bridgehead atoms. The number of hydrogen-bond donors (Lipinski definition) is 0. The van der Waals surface area contributed by atoms with Gasteiger partial charge in [-0.3, -0.25) is 4.98 Å². The summed E-state index contributed by atoms with van der Waals surface area (Å²) >= 11 is 6.80. The summed E-state index contributed by atoms with van der Waals surface area (Å²) in [5, 5.41) is 0.325. The van der Waals surface area contributed by atoms with Gasteiger partial charge in [-0.2, -0.15) is 0 Å². The molecule has 6 unspecified atom stereocenters. The standard InChI is InChI=1S/C16H20ClN/c1-9(10-4-6-18-7-5-10)16(17)15-13-11-2-3-12(8-11)14(13)15/h4-7,9,11-16H,2-3,8H2,1H3. The Kier molecular flexibility index (Phi) is 2.49. The molecule has 3 fully saturated rings. The van der Waals surface area contributed by atoms with E-state index in [1.165, 1.54) is 24.8 Å². The fraction of sp³-hybridized carbons (Fsp3) is 0.688. The second-order valence-corrected chi connectivity index (χ2v) is 7.08. The van der Waals surface area contributed by atoms with E-state index >= 15 is 0 Å². The molecule has 1 nitrogen and oxygen atoms in total. The third-order valence-corrected chi connectivity index (χ3v) is 6.54. The lowest BCUT2D eigenvalue weighted by atomic mass is 9.90. The van der Waals surface area contributed by atoms with Crippen LogP contribution in [0.15, 0.2) is 24.5 Å². The number of pyridine rings is 1. The van der Waals surface area contributed by atoms with E-state index in [4.69, 9.17) is 11.6 Å². The minimum Gasteiger partial charge on any atom is -0.265 e. The Balaban J connectivity index is 1.50. The van der Waals surface area contributed by atoms with Crippen molar-refractivity contribution in [3.8, 4) is 0 Å². The Hall–Kier alpha value is -0.560. The maximum atomic E-state index is 6.80. The third-order valence-electron chi connectivity index (χ3n) is 5.87.